The molecule has 5 heteroatoms. The van der Waals surface area contributed by atoms with E-state index >= 15 is 0 Å². The van der Waals surface area contributed by atoms with Crippen molar-refractivity contribution in [2.45, 2.75) is 52.2 Å². The first-order valence-electron chi connectivity index (χ1n) is 9.25. The Balaban J connectivity index is 1.93. The van der Waals surface area contributed by atoms with Crippen molar-refractivity contribution in [3.8, 4) is 0 Å². The van der Waals surface area contributed by atoms with Crippen LogP contribution in [0.2, 0.25) is 5.02 Å². The SMILES string of the molecule is CC(C)(C)OC(=O)c1ccn(Cc2ccc(Cl)cc2)c1N1CCCCC1. The van der Waals surface area contributed by atoms with Crippen molar-refractivity contribution in [3.63, 3.8) is 0 Å². The fourth-order valence-corrected chi connectivity index (χ4v) is 3.45. The average Bonchev–Trinajstić information content (AvgIpc) is 3.00. The Kier molecular flexibility index (Phi) is 5.61. The van der Waals surface area contributed by atoms with E-state index in [4.69, 9.17) is 16.3 Å². The normalized spacial score (nSPS) is 15.2. The van der Waals surface area contributed by atoms with E-state index in [1.807, 2.05) is 57.3 Å². The minimum absolute atomic E-state index is 0.257. The highest BCUT2D eigenvalue weighted by molar-refractivity contribution is 6.30. The second-order valence-electron chi connectivity index (χ2n) is 7.86. The lowest BCUT2D eigenvalue weighted by Crippen LogP contribution is -2.33. The van der Waals surface area contributed by atoms with Gasteiger partial charge in [0.25, 0.3) is 0 Å². The van der Waals surface area contributed by atoms with Crippen LogP contribution in [0.3, 0.4) is 0 Å². The number of hydrogen-bond donors (Lipinski definition) is 0. The van der Waals surface area contributed by atoms with Crippen LogP contribution < -0.4 is 4.90 Å². The zero-order chi connectivity index (χ0) is 18.7. The highest BCUT2D eigenvalue weighted by atomic mass is 35.5. The lowest BCUT2D eigenvalue weighted by atomic mass is 10.1. The molecule has 0 spiro atoms. The topological polar surface area (TPSA) is 34.5 Å². The Bertz CT molecular complexity index is 753. The van der Waals surface area contributed by atoms with E-state index in [-0.39, 0.29) is 5.97 Å². The number of rotatable bonds is 4. The number of halogens is 1. The zero-order valence-corrected chi connectivity index (χ0v) is 16.6. The van der Waals surface area contributed by atoms with Crippen LogP contribution in [0, 0.1) is 0 Å². The summed E-state index contributed by atoms with van der Waals surface area (Å²) in [6.45, 7) is 8.34. The second kappa shape index (κ2) is 7.75. The number of carbonyl (C=O) groups excluding carboxylic acids is 1. The Hall–Kier alpha value is -1.94. The fourth-order valence-electron chi connectivity index (χ4n) is 3.33. The van der Waals surface area contributed by atoms with Gasteiger partial charge in [-0.05, 0) is 63.8 Å². The summed E-state index contributed by atoms with van der Waals surface area (Å²) in [5.74, 6) is 0.710. The fraction of sp³-hybridized carbons (Fsp3) is 0.476. The highest BCUT2D eigenvalue weighted by Crippen LogP contribution is 2.28. The molecule has 0 saturated carbocycles. The Labute approximate surface area is 160 Å². The van der Waals surface area contributed by atoms with Crippen molar-refractivity contribution in [2.24, 2.45) is 0 Å². The molecule has 3 rings (SSSR count). The molecule has 1 aromatic carbocycles. The molecule has 2 aromatic rings. The van der Waals surface area contributed by atoms with Gasteiger partial charge in [-0.2, -0.15) is 0 Å². The molecule has 0 N–H and O–H groups in total. The van der Waals surface area contributed by atoms with Gasteiger partial charge in [-0.15, -0.1) is 0 Å². The minimum Gasteiger partial charge on any atom is -0.456 e. The van der Waals surface area contributed by atoms with Crippen LogP contribution in [0.5, 0.6) is 0 Å². The zero-order valence-electron chi connectivity index (χ0n) is 15.8. The van der Waals surface area contributed by atoms with Crippen LogP contribution in [0.15, 0.2) is 36.5 Å². The van der Waals surface area contributed by atoms with E-state index in [0.29, 0.717) is 12.1 Å². The van der Waals surface area contributed by atoms with Crippen molar-refractivity contribution in [1.82, 2.24) is 4.57 Å². The second-order valence-corrected chi connectivity index (χ2v) is 8.29. The van der Waals surface area contributed by atoms with Gasteiger partial charge in [-0.25, -0.2) is 4.79 Å². The van der Waals surface area contributed by atoms with Crippen molar-refractivity contribution < 1.29 is 9.53 Å². The minimum atomic E-state index is -0.505. The van der Waals surface area contributed by atoms with Gasteiger partial charge in [0.1, 0.15) is 17.0 Å². The summed E-state index contributed by atoms with van der Waals surface area (Å²) < 4.78 is 7.78. The smallest absolute Gasteiger partial charge is 0.342 e. The molecule has 1 fully saturated rings. The van der Waals surface area contributed by atoms with E-state index < -0.39 is 5.60 Å². The maximum Gasteiger partial charge on any atom is 0.342 e. The molecule has 1 aliphatic rings. The van der Waals surface area contributed by atoms with Gasteiger partial charge >= 0.3 is 5.97 Å². The van der Waals surface area contributed by atoms with E-state index in [0.717, 1.165) is 42.3 Å². The first-order chi connectivity index (χ1) is 12.3. The first-order valence-corrected chi connectivity index (χ1v) is 9.63. The summed E-state index contributed by atoms with van der Waals surface area (Å²) in [5, 5.41) is 0.729. The predicted octanol–water partition coefficient (Wildman–Crippen LogP) is 5.14. The monoisotopic (exact) mass is 374 g/mol. The molecule has 0 bridgehead atoms. The largest absolute Gasteiger partial charge is 0.456 e. The predicted molar refractivity (Wildman–Crippen MR) is 106 cm³/mol. The number of benzene rings is 1. The number of hydrogen-bond acceptors (Lipinski definition) is 3. The molecule has 140 valence electrons. The summed E-state index contributed by atoms with van der Waals surface area (Å²) in [5.41, 5.74) is 1.30. The third-order valence-electron chi connectivity index (χ3n) is 4.47. The lowest BCUT2D eigenvalue weighted by Gasteiger charge is -2.31. The molecule has 4 nitrogen and oxygen atoms in total. The molecule has 0 radical (unpaired) electrons. The van der Waals surface area contributed by atoms with E-state index in [1.54, 1.807) is 0 Å². The van der Waals surface area contributed by atoms with Gasteiger partial charge in [-0.3, -0.25) is 0 Å². The highest BCUT2D eigenvalue weighted by Gasteiger charge is 2.26. The average molecular weight is 375 g/mol. The number of anilines is 1. The van der Waals surface area contributed by atoms with Crippen LogP contribution in [0.1, 0.15) is 56.0 Å². The van der Waals surface area contributed by atoms with Gasteiger partial charge in [0.15, 0.2) is 0 Å². The van der Waals surface area contributed by atoms with Crippen molar-refractivity contribution in [1.29, 1.82) is 0 Å². The molecule has 26 heavy (non-hydrogen) atoms. The lowest BCUT2D eigenvalue weighted by molar-refractivity contribution is 0.00703. The Morgan fingerprint density at radius 1 is 1.08 bits per heavy atom. The van der Waals surface area contributed by atoms with Crippen molar-refractivity contribution >= 4 is 23.4 Å². The molecule has 0 atom stereocenters. The standard InChI is InChI=1S/C21H27ClN2O2/c1-21(2,3)26-20(25)18-11-14-24(15-16-7-9-17(22)10-8-16)19(18)23-12-5-4-6-13-23/h7-11,14H,4-6,12-13,15H2,1-3H3. The number of nitrogens with zero attached hydrogens (tertiary/aromatic N) is 2. The van der Waals surface area contributed by atoms with Crippen LogP contribution in [-0.2, 0) is 11.3 Å². The number of aromatic nitrogens is 1. The van der Waals surface area contributed by atoms with E-state index in [9.17, 15) is 4.79 Å². The van der Waals surface area contributed by atoms with E-state index in [2.05, 4.69) is 9.47 Å². The molecular weight excluding hydrogens is 348 g/mol. The summed E-state index contributed by atoms with van der Waals surface area (Å²) in [6, 6.07) is 9.73. The van der Waals surface area contributed by atoms with Crippen LogP contribution >= 0.6 is 11.6 Å². The Morgan fingerprint density at radius 3 is 2.35 bits per heavy atom. The third-order valence-corrected chi connectivity index (χ3v) is 4.73. The van der Waals surface area contributed by atoms with Gasteiger partial charge in [-0.1, -0.05) is 23.7 Å². The Morgan fingerprint density at radius 2 is 1.73 bits per heavy atom. The molecule has 2 heterocycles. The molecule has 1 aromatic heterocycles. The summed E-state index contributed by atoms with van der Waals surface area (Å²) in [7, 11) is 0. The van der Waals surface area contributed by atoms with Crippen molar-refractivity contribution in [2.75, 3.05) is 18.0 Å². The van der Waals surface area contributed by atoms with E-state index in [1.165, 1.54) is 6.42 Å². The number of piperidine rings is 1. The molecular formula is C21H27ClN2O2. The maximum absolute atomic E-state index is 12.8. The molecule has 0 amide bonds. The maximum atomic E-state index is 12.8. The van der Waals surface area contributed by atoms with Gasteiger partial charge < -0.3 is 14.2 Å². The third kappa shape index (κ3) is 4.61. The van der Waals surface area contributed by atoms with Gasteiger partial charge in [0.2, 0.25) is 0 Å². The number of esters is 1. The summed E-state index contributed by atoms with van der Waals surface area (Å²) in [6.07, 6.45) is 5.54. The molecule has 0 unspecified atom stereocenters. The summed E-state index contributed by atoms with van der Waals surface area (Å²) in [4.78, 5) is 15.1. The number of ether oxygens (including phenoxy) is 1. The number of carbonyl (C=O) groups is 1. The molecule has 1 saturated heterocycles. The summed E-state index contributed by atoms with van der Waals surface area (Å²) >= 11 is 6.00. The van der Waals surface area contributed by atoms with Gasteiger partial charge in [0.05, 0.1) is 0 Å². The van der Waals surface area contributed by atoms with Gasteiger partial charge in [0, 0.05) is 30.9 Å². The quantitative estimate of drug-likeness (QED) is 0.695. The first kappa shape index (κ1) is 18.8. The van der Waals surface area contributed by atoms with Crippen LogP contribution in [0.4, 0.5) is 5.82 Å². The molecule has 0 aliphatic carbocycles. The van der Waals surface area contributed by atoms with Crippen LogP contribution in [-0.4, -0.2) is 29.2 Å². The van der Waals surface area contributed by atoms with Crippen molar-refractivity contribution in [3.05, 3.63) is 52.7 Å². The molecule has 1 aliphatic heterocycles. The van der Waals surface area contributed by atoms with Crippen LogP contribution in [0.25, 0.3) is 0 Å².